The number of hydrogen-bond acceptors (Lipinski definition) is 2. The third kappa shape index (κ3) is 4.81. The number of nitrogens with zero attached hydrogens (tertiary/aromatic N) is 1. The minimum absolute atomic E-state index is 0.0625. The number of hydrogen-bond donors (Lipinski definition) is 3. The van der Waals surface area contributed by atoms with Gasteiger partial charge in [-0.2, -0.15) is 4.99 Å². The Kier molecular flexibility index (Phi) is 1.72. The Morgan fingerprint density at radius 3 is 1.71 bits per heavy atom. The van der Waals surface area contributed by atoms with E-state index in [0.29, 0.717) is 0 Å². The number of nitrogens with two attached hydrogens (primary N) is 3. The Balaban J connectivity index is 3.68. The first kappa shape index (κ1) is 5.81. The standard InChI is InChI=1S/C3H8N4/c1-2(4)7-3(5)6/h1,4H2,(H4,5,6,7). The fourth-order valence-corrected chi connectivity index (χ4v) is 0.166. The molecule has 0 saturated carbocycles. The second-order valence-electron chi connectivity index (χ2n) is 1.03. The summed E-state index contributed by atoms with van der Waals surface area (Å²) in [6.45, 7) is 3.23. The molecule has 0 fully saturated rings. The Hall–Kier alpha value is -1.19. The molecule has 0 aromatic carbocycles. The summed E-state index contributed by atoms with van der Waals surface area (Å²) in [7, 11) is 0. The van der Waals surface area contributed by atoms with Crippen LogP contribution in [0.3, 0.4) is 0 Å². The van der Waals surface area contributed by atoms with Crippen molar-refractivity contribution in [2.75, 3.05) is 0 Å². The fourth-order valence-electron chi connectivity index (χ4n) is 0.166. The van der Waals surface area contributed by atoms with Gasteiger partial charge in [-0.1, -0.05) is 6.58 Å². The molecule has 0 radical (unpaired) electrons. The van der Waals surface area contributed by atoms with E-state index in [1.54, 1.807) is 0 Å². The fraction of sp³-hybridized carbons (Fsp3) is 0. The quantitative estimate of drug-likeness (QED) is 0.282. The van der Waals surface area contributed by atoms with E-state index in [1.807, 2.05) is 0 Å². The highest BCUT2D eigenvalue weighted by Crippen LogP contribution is 1.72. The highest BCUT2D eigenvalue weighted by molar-refractivity contribution is 5.76. The van der Waals surface area contributed by atoms with Gasteiger partial charge in [-0.3, -0.25) is 0 Å². The molecule has 0 aliphatic carbocycles. The van der Waals surface area contributed by atoms with Crippen LogP contribution >= 0.6 is 0 Å². The molecule has 4 nitrogen and oxygen atoms in total. The third-order valence-electron chi connectivity index (χ3n) is 0.273. The van der Waals surface area contributed by atoms with Crippen LogP contribution in [0.15, 0.2) is 17.4 Å². The highest BCUT2D eigenvalue weighted by Gasteiger charge is 1.75. The molecular formula is C3H8N4. The minimum Gasteiger partial charge on any atom is -0.384 e. The SMILES string of the molecule is C=C(N)N=C(N)N. The molecule has 0 saturated heterocycles. The molecule has 0 rings (SSSR count). The lowest BCUT2D eigenvalue weighted by Crippen LogP contribution is -2.23. The first-order valence-corrected chi connectivity index (χ1v) is 1.67. The number of guanidine groups is 1. The zero-order valence-electron chi connectivity index (χ0n) is 3.89. The zero-order chi connectivity index (χ0) is 5.86. The normalized spacial score (nSPS) is 7.43. The van der Waals surface area contributed by atoms with Crippen molar-refractivity contribution in [1.82, 2.24) is 0 Å². The number of rotatable bonds is 1. The van der Waals surface area contributed by atoms with Gasteiger partial charge in [-0.15, -0.1) is 0 Å². The molecule has 40 valence electrons. The van der Waals surface area contributed by atoms with Crippen molar-refractivity contribution < 1.29 is 0 Å². The molecule has 0 unspecified atom stereocenters. The second kappa shape index (κ2) is 2.07. The molecule has 0 aromatic rings. The summed E-state index contributed by atoms with van der Waals surface area (Å²) in [5.74, 6) is 0.0625. The van der Waals surface area contributed by atoms with E-state index < -0.39 is 0 Å². The third-order valence-corrected chi connectivity index (χ3v) is 0.273. The van der Waals surface area contributed by atoms with Crippen LogP contribution in [0.2, 0.25) is 0 Å². The van der Waals surface area contributed by atoms with Crippen molar-refractivity contribution in [3.8, 4) is 0 Å². The second-order valence-corrected chi connectivity index (χ2v) is 1.03. The van der Waals surface area contributed by atoms with Crippen LogP contribution in [0, 0.1) is 0 Å². The van der Waals surface area contributed by atoms with Crippen LogP contribution in [-0.2, 0) is 0 Å². The van der Waals surface area contributed by atoms with E-state index >= 15 is 0 Å². The lowest BCUT2D eigenvalue weighted by Gasteiger charge is -1.86. The van der Waals surface area contributed by atoms with E-state index in [2.05, 4.69) is 11.6 Å². The highest BCUT2D eigenvalue weighted by atomic mass is 15.0. The van der Waals surface area contributed by atoms with Crippen molar-refractivity contribution in [3.05, 3.63) is 12.4 Å². The van der Waals surface area contributed by atoms with Crippen LogP contribution in [-0.4, -0.2) is 5.96 Å². The van der Waals surface area contributed by atoms with Gasteiger partial charge in [0.1, 0.15) is 5.82 Å². The predicted octanol–water partition coefficient (Wildman–Crippen LogP) is -1.31. The number of aliphatic imine (C=N–C) groups is 1. The first-order chi connectivity index (χ1) is 3.13. The summed E-state index contributed by atoms with van der Waals surface area (Å²) in [4.78, 5) is 3.33. The average Bonchev–Trinajstić information content (AvgIpc) is 1.27. The van der Waals surface area contributed by atoms with Crippen molar-refractivity contribution in [2.45, 2.75) is 0 Å². The maximum Gasteiger partial charge on any atom is 0.192 e. The van der Waals surface area contributed by atoms with E-state index in [1.165, 1.54) is 0 Å². The summed E-state index contributed by atoms with van der Waals surface area (Å²) in [5, 5.41) is 0. The molecule has 0 spiro atoms. The van der Waals surface area contributed by atoms with Gasteiger partial charge in [0.2, 0.25) is 0 Å². The van der Waals surface area contributed by atoms with Crippen LogP contribution in [0.25, 0.3) is 0 Å². The molecule has 4 heteroatoms. The Morgan fingerprint density at radius 2 is 1.71 bits per heavy atom. The first-order valence-electron chi connectivity index (χ1n) is 1.67. The molecule has 0 amide bonds. The van der Waals surface area contributed by atoms with Gasteiger partial charge in [0.15, 0.2) is 5.96 Å². The van der Waals surface area contributed by atoms with Gasteiger partial charge < -0.3 is 17.2 Å². The molecule has 0 heterocycles. The summed E-state index contributed by atoms with van der Waals surface area (Å²) >= 11 is 0. The lowest BCUT2D eigenvalue weighted by molar-refractivity contribution is 1.24. The molecule has 7 heavy (non-hydrogen) atoms. The molecule has 0 atom stereocenters. The topological polar surface area (TPSA) is 90.4 Å². The lowest BCUT2D eigenvalue weighted by atomic mass is 10.8. The van der Waals surface area contributed by atoms with Crippen molar-refractivity contribution in [2.24, 2.45) is 22.2 Å². The zero-order valence-corrected chi connectivity index (χ0v) is 3.89. The monoisotopic (exact) mass is 100 g/mol. The average molecular weight is 100 g/mol. The largest absolute Gasteiger partial charge is 0.384 e. The molecule has 6 N–H and O–H groups in total. The molecular weight excluding hydrogens is 92.1 g/mol. The van der Waals surface area contributed by atoms with Gasteiger partial charge in [0.05, 0.1) is 0 Å². The molecule has 0 aliphatic rings. The van der Waals surface area contributed by atoms with Gasteiger partial charge in [-0.05, 0) is 0 Å². The smallest absolute Gasteiger partial charge is 0.192 e. The van der Waals surface area contributed by atoms with E-state index in [0.717, 1.165) is 0 Å². The van der Waals surface area contributed by atoms with Gasteiger partial charge in [0.25, 0.3) is 0 Å². The Morgan fingerprint density at radius 1 is 1.29 bits per heavy atom. The van der Waals surface area contributed by atoms with Gasteiger partial charge >= 0.3 is 0 Å². The summed E-state index contributed by atoms with van der Waals surface area (Å²) in [6, 6.07) is 0. The van der Waals surface area contributed by atoms with Crippen LogP contribution in [0.1, 0.15) is 0 Å². The summed E-state index contributed by atoms with van der Waals surface area (Å²) in [6.07, 6.45) is 0. The maximum atomic E-state index is 4.95. The van der Waals surface area contributed by atoms with Crippen LogP contribution < -0.4 is 17.2 Å². The molecule has 0 bridgehead atoms. The van der Waals surface area contributed by atoms with E-state index in [4.69, 9.17) is 17.2 Å². The van der Waals surface area contributed by atoms with Crippen molar-refractivity contribution in [1.29, 1.82) is 0 Å². The van der Waals surface area contributed by atoms with Gasteiger partial charge in [0, 0.05) is 0 Å². The van der Waals surface area contributed by atoms with Crippen LogP contribution in [0.5, 0.6) is 0 Å². The molecule has 0 aromatic heterocycles. The van der Waals surface area contributed by atoms with E-state index in [9.17, 15) is 0 Å². The van der Waals surface area contributed by atoms with Gasteiger partial charge in [-0.25, -0.2) is 0 Å². The van der Waals surface area contributed by atoms with Crippen molar-refractivity contribution in [3.63, 3.8) is 0 Å². The van der Waals surface area contributed by atoms with Crippen LogP contribution in [0.4, 0.5) is 0 Å². The maximum absolute atomic E-state index is 4.95. The van der Waals surface area contributed by atoms with E-state index in [-0.39, 0.29) is 11.8 Å². The minimum atomic E-state index is -0.0625. The summed E-state index contributed by atoms with van der Waals surface area (Å²) < 4.78 is 0. The summed E-state index contributed by atoms with van der Waals surface area (Å²) in [5.41, 5.74) is 14.7. The van der Waals surface area contributed by atoms with Crippen molar-refractivity contribution >= 4 is 5.96 Å². The molecule has 0 aliphatic heterocycles. The Labute approximate surface area is 41.7 Å². The predicted molar refractivity (Wildman–Crippen MR) is 29.1 cm³/mol. The Bertz CT molecular complexity index is 99.5.